The fourth-order valence-corrected chi connectivity index (χ4v) is 5.75. The van der Waals surface area contributed by atoms with Crippen LogP contribution in [0.1, 0.15) is 56.6 Å². The van der Waals surface area contributed by atoms with Crippen molar-refractivity contribution >= 4 is 40.3 Å². The maximum Gasteiger partial charge on any atom is 0.266 e. The predicted octanol–water partition coefficient (Wildman–Crippen LogP) is 7.97. The number of aromatic nitrogens is 2. The monoisotopic (exact) mass is 545 g/mol. The van der Waals surface area contributed by atoms with Gasteiger partial charge in [0.25, 0.3) is 5.91 Å². The van der Waals surface area contributed by atoms with Gasteiger partial charge in [-0.1, -0.05) is 93.9 Å². The highest BCUT2D eigenvalue weighted by atomic mass is 32.2. The summed E-state index contributed by atoms with van der Waals surface area (Å²) < 4.78 is 8.21. The number of ether oxygens (including phenoxy) is 1. The summed E-state index contributed by atoms with van der Waals surface area (Å²) in [6.07, 6.45) is 12.7. The van der Waals surface area contributed by atoms with Crippen LogP contribution in [-0.4, -0.2) is 38.1 Å². The molecule has 198 valence electrons. The van der Waals surface area contributed by atoms with E-state index in [2.05, 4.69) is 13.5 Å². The summed E-state index contributed by atoms with van der Waals surface area (Å²) in [4.78, 5) is 15.7. The van der Waals surface area contributed by atoms with Crippen LogP contribution >= 0.6 is 24.0 Å². The number of hydrogen-bond acceptors (Lipinski definition) is 5. The van der Waals surface area contributed by atoms with Crippen LogP contribution in [0.5, 0.6) is 5.75 Å². The second-order valence-corrected chi connectivity index (χ2v) is 11.1. The van der Waals surface area contributed by atoms with Gasteiger partial charge in [-0.05, 0) is 55.3 Å². The first-order chi connectivity index (χ1) is 18.5. The van der Waals surface area contributed by atoms with Crippen molar-refractivity contribution in [2.45, 2.75) is 52.4 Å². The van der Waals surface area contributed by atoms with E-state index >= 15 is 0 Å². The Morgan fingerprint density at radius 3 is 2.58 bits per heavy atom. The quantitative estimate of drug-likeness (QED) is 0.0943. The predicted molar refractivity (Wildman–Crippen MR) is 163 cm³/mol. The molecule has 0 radical (unpaired) electrons. The molecule has 0 atom stereocenters. The number of thiocarbonyl (C=S) groups is 1. The highest BCUT2D eigenvalue weighted by Crippen LogP contribution is 2.36. The molecule has 0 aliphatic carbocycles. The summed E-state index contributed by atoms with van der Waals surface area (Å²) in [5.74, 6) is 0.766. The van der Waals surface area contributed by atoms with Crippen LogP contribution in [0.4, 0.5) is 0 Å². The van der Waals surface area contributed by atoms with E-state index in [4.69, 9.17) is 22.1 Å². The second-order valence-electron chi connectivity index (χ2n) is 9.39. The molecular weight excluding hydrogens is 510 g/mol. The fourth-order valence-electron chi connectivity index (χ4n) is 4.45. The van der Waals surface area contributed by atoms with Crippen LogP contribution in [0, 0.1) is 6.92 Å². The molecule has 0 bridgehead atoms. The average Bonchev–Trinajstić information content (AvgIpc) is 3.46. The van der Waals surface area contributed by atoms with Crippen LogP contribution in [0.2, 0.25) is 0 Å². The Kier molecular flexibility index (Phi) is 9.96. The number of aryl methyl sites for hydroxylation is 1. The maximum absolute atomic E-state index is 13.3. The molecule has 1 saturated heterocycles. The number of amides is 1. The number of unbranched alkanes of at least 4 members (excludes halogenated alkanes) is 5. The lowest BCUT2D eigenvalue weighted by molar-refractivity contribution is -0.122. The number of benzene rings is 2. The average molecular weight is 546 g/mol. The molecule has 0 N–H and O–H groups in total. The smallest absolute Gasteiger partial charge is 0.266 e. The Morgan fingerprint density at radius 1 is 1.08 bits per heavy atom. The first kappa shape index (κ1) is 27.9. The van der Waals surface area contributed by atoms with E-state index in [1.165, 1.54) is 37.4 Å². The second kappa shape index (κ2) is 13.6. The van der Waals surface area contributed by atoms with Gasteiger partial charge in [0.15, 0.2) is 0 Å². The van der Waals surface area contributed by atoms with E-state index in [9.17, 15) is 4.79 Å². The summed E-state index contributed by atoms with van der Waals surface area (Å²) in [5, 5.41) is 4.94. The molecule has 1 amide bonds. The van der Waals surface area contributed by atoms with Crippen LogP contribution in [-0.2, 0) is 4.79 Å². The third-order valence-corrected chi connectivity index (χ3v) is 7.86. The molecule has 7 heteroatoms. The van der Waals surface area contributed by atoms with Crippen molar-refractivity contribution < 1.29 is 9.53 Å². The Morgan fingerprint density at radius 2 is 1.84 bits per heavy atom. The van der Waals surface area contributed by atoms with Crippen molar-refractivity contribution in [3.05, 3.63) is 83.4 Å². The molecule has 1 aliphatic rings. The zero-order valence-electron chi connectivity index (χ0n) is 22.2. The Labute approximate surface area is 235 Å². The van der Waals surface area contributed by atoms with Crippen molar-refractivity contribution in [2.75, 3.05) is 13.2 Å². The molecule has 2 heterocycles. The minimum Gasteiger partial charge on any atom is -0.490 e. The summed E-state index contributed by atoms with van der Waals surface area (Å²) in [5.41, 5.74) is 4.65. The van der Waals surface area contributed by atoms with E-state index in [0.29, 0.717) is 22.4 Å². The van der Waals surface area contributed by atoms with Gasteiger partial charge in [0.05, 0.1) is 10.6 Å². The van der Waals surface area contributed by atoms with Crippen molar-refractivity contribution in [1.82, 2.24) is 14.7 Å². The highest BCUT2D eigenvalue weighted by molar-refractivity contribution is 8.26. The van der Waals surface area contributed by atoms with E-state index in [1.54, 1.807) is 11.0 Å². The first-order valence-electron chi connectivity index (χ1n) is 13.3. The van der Waals surface area contributed by atoms with Gasteiger partial charge < -0.3 is 4.74 Å². The largest absolute Gasteiger partial charge is 0.490 e. The number of thioether (sulfide) groups is 1. The van der Waals surface area contributed by atoms with Gasteiger partial charge in [-0.25, -0.2) is 4.68 Å². The fraction of sp³-hybridized carbons (Fsp3) is 0.323. The molecule has 1 aromatic heterocycles. The normalized spacial score (nSPS) is 14.5. The number of para-hydroxylation sites is 1. The topological polar surface area (TPSA) is 47.4 Å². The molecule has 5 nitrogen and oxygen atoms in total. The van der Waals surface area contributed by atoms with Gasteiger partial charge in [-0.2, -0.15) is 5.10 Å². The van der Waals surface area contributed by atoms with Crippen LogP contribution in [0.3, 0.4) is 0 Å². The lowest BCUT2D eigenvalue weighted by Gasteiger charge is -2.14. The Balaban J connectivity index is 1.61. The number of hydrogen-bond donors (Lipinski definition) is 0. The molecule has 1 aliphatic heterocycles. The first-order valence-corrected chi connectivity index (χ1v) is 14.5. The molecule has 4 rings (SSSR count). The van der Waals surface area contributed by atoms with Gasteiger partial charge in [0, 0.05) is 23.9 Å². The molecule has 0 spiro atoms. The Bertz CT molecular complexity index is 1310. The Hall–Kier alpha value is -3.16. The minimum absolute atomic E-state index is 0.0168. The van der Waals surface area contributed by atoms with Crippen molar-refractivity contribution in [3.8, 4) is 22.7 Å². The van der Waals surface area contributed by atoms with Gasteiger partial charge in [0.2, 0.25) is 0 Å². The third-order valence-electron chi connectivity index (χ3n) is 6.48. The molecular formula is C31H35N3O2S2. The van der Waals surface area contributed by atoms with Crippen LogP contribution in [0.25, 0.3) is 23.0 Å². The molecule has 1 fully saturated rings. The zero-order valence-corrected chi connectivity index (χ0v) is 23.8. The SMILES string of the molecule is C=CCOc1ccc(-c2nn(-c3ccccc3)cc2/C=C2\SC(=S)N(CCCCCCCC)C2=O)c(C)c1. The lowest BCUT2D eigenvalue weighted by Crippen LogP contribution is -2.29. The molecule has 0 saturated carbocycles. The van der Waals surface area contributed by atoms with Gasteiger partial charge in [0.1, 0.15) is 22.4 Å². The van der Waals surface area contributed by atoms with E-state index in [1.807, 2.05) is 72.4 Å². The van der Waals surface area contributed by atoms with Crippen molar-refractivity contribution in [1.29, 1.82) is 0 Å². The summed E-state index contributed by atoms with van der Waals surface area (Å²) in [6, 6.07) is 15.9. The standard InChI is InChI=1S/C31H35N3O2S2/c1-4-6-7-8-9-13-18-33-30(35)28(38-31(33)37)21-24-22-34(25-14-11-10-12-15-25)32-29(24)27-17-16-26(20-23(27)3)36-19-5-2/h5,10-12,14-17,20-22H,2,4,6-9,13,18-19H2,1,3H3/b28-21-. The van der Waals surface area contributed by atoms with Crippen LogP contribution < -0.4 is 4.74 Å². The molecule has 38 heavy (non-hydrogen) atoms. The molecule has 0 unspecified atom stereocenters. The number of nitrogens with zero attached hydrogens (tertiary/aromatic N) is 3. The lowest BCUT2D eigenvalue weighted by atomic mass is 10.0. The molecule has 3 aromatic rings. The zero-order chi connectivity index (χ0) is 26.9. The maximum atomic E-state index is 13.3. The third kappa shape index (κ3) is 6.83. The number of carbonyl (C=O) groups is 1. The van der Waals surface area contributed by atoms with Gasteiger partial charge >= 0.3 is 0 Å². The van der Waals surface area contributed by atoms with Gasteiger partial charge in [-0.3, -0.25) is 9.69 Å². The van der Waals surface area contributed by atoms with Crippen LogP contribution in [0.15, 0.2) is 72.3 Å². The van der Waals surface area contributed by atoms with Crippen molar-refractivity contribution in [2.24, 2.45) is 0 Å². The summed E-state index contributed by atoms with van der Waals surface area (Å²) in [6.45, 7) is 9.11. The van der Waals surface area contributed by atoms with E-state index in [-0.39, 0.29) is 5.91 Å². The summed E-state index contributed by atoms with van der Waals surface area (Å²) in [7, 11) is 0. The molecule has 2 aromatic carbocycles. The summed E-state index contributed by atoms with van der Waals surface area (Å²) >= 11 is 6.97. The van der Waals surface area contributed by atoms with E-state index in [0.717, 1.165) is 46.7 Å². The number of rotatable bonds is 13. The number of carbonyl (C=O) groups excluding carboxylic acids is 1. The van der Waals surface area contributed by atoms with Gasteiger partial charge in [-0.15, -0.1) is 0 Å². The van der Waals surface area contributed by atoms with E-state index < -0.39 is 0 Å². The minimum atomic E-state index is -0.0168. The van der Waals surface area contributed by atoms with Crippen molar-refractivity contribution in [3.63, 3.8) is 0 Å². The highest BCUT2D eigenvalue weighted by Gasteiger charge is 2.32.